The fourth-order valence-corrected chi connectivity index (χ4v) is 2.38. The molecule has 1 amide bonds. The number of hydrogen-bond acceptors (Lipinski definition) is 5. The molecule has 1 N–H and O–H groups in total. The first-order valence-corrected chi connectivity index (χ1v) is 8.45. The molecule has 0 unspecified atom stereocenters. The number of nitro benzene ring substituents is 1. The third-order valence-electron chi connectivity index (χ3n) is 3.76. The minimum atomic E-state index is -0.469. The molecule has 2 aromatic carbocycles. The SMILES string of the molecule is O=C(/C=C/c1ccc([N+](=O)[O-])cc1)Nc1cccc(OCc2cccnc2)c1. The Balaban J connectivity index is 1.57. The first kappa shape index (κ1) is 18.8. The third kappa shape index (κ3) is 5.50. The molecule has 140 valence electrons. The molecule has 0 bridgehead atoms. The Bertz CT molecular complexity index is 986. The second-order valence-electron chi connectivity index (χ2n) is 5.85. The number of nitro groups is 1. The van der Waals surface area contributed by atoms with Crippen LogP contribution < -0.4 is 10.1 Å². The molecule has 0 radical (unpaired) electrons. The molecule has 7 nitrogen and oxygen atoms in total. The van der Waals surface area contributed by atoms with Crippen LogP contribution in [0.15, 0.2) is 79.1 Å². The standard InChI is InChI=1S/C21H17N3O4/c25-21(11-8-16-6-9-19(10-7-16)24(26)27)23-18-4-1-5-20(13-18)28-15-17-3-2-12-22-14-17/h1-14H,15H2,(H,23,25)/b11-8+. The topological polar surface area (TPSA) is 94.4 Å². The van der Waals surface area contributed by atoms with Gasteiger partial charge in [0.2, 0.25) is 5.91 Å². The van der Waals surface area contributed by atoms with Gasteiger partial charge in [0.25, 0.3) is 5.69 Å². The van der Waals surface area contributed by atoms with Crippen LogP contribution in [0.2, 0.25) is 0 Å². The highest BCUT2D eigenvalue weighted by Gasteiger charge is 2.04. The van der Waals surface area contributed by atoms with Gasteiger partial charge in [-0.2, -0.15) is 0 Å². The highest BCUT2D eigenvalue weighted by Crippen LogP contribution is 2.19. The van der Waals surface area contributed by atoms with Crippen LogP contribution >= 0.6 is 0 Å². The van der Waals surface area contributed by atoms with Gasteiger partial charge < -0.3 is 10.1 Å². The number of amides is 1. The number of benzene rings is 2. The maximum absolute atomic E-state index is 12.1. The molecular formula is C21H17N3O4. The lowest BCUT2D eigenvalue weighted by atomic mass is 10.2. The second-order valence-corrected chi connectivity index (χ2v) is 5.85. The number of carbonyl (C=O) groups excluding carboxylic acids is 1. The lowest BCUT2D eigenvalue weighted by Gasteiger charge is -2.08. The van der Waals surface area contributed by atoms with E-state index < -0.39 is 4.92 Å². The number of carbonyl (C=O) groups is 1. The first-order chi connectivity index (χ1) is 13.6. The highest BCUT2D eigenvalue weighted by molar-refractivity contribution is 6.02. The lowest BCUT2D eigenvalue weighted by Crippen LogP contribution is -2.07. The highest BCUT2D eigenvalue weighted by atomic mass is 16.6. The van der Waals surface area contributed by atoms with Crippen LogP contribution in [0.5, 0.6) is 5.75 Å². The summed E-state index contributed by atoms with van der Waals surface area (Å²) in [7, 11) is 0. The first-order valence-electron chi connectivity index (χ1n) is 8.45. The fraction of sp³-hybridized carbons (Fsp3) is 0.0476. The van der Waals surface area contributed by atoms with E-state index in [0.717, 1.165) is 5.56 Å². The maximum Gasteiger partial charge on any atom is 0.269 e. The number of nitrogens with zero attached hydrogens (tertiary/aromatic N) is 2. The predicted molar refractivity (Wildman–Crippen MR) is 106 cm³/mol. The summed E-state index contributed by atoms with van der Waals surface area (Å²) < 4.78 is 5.71. The zero-order valence-corrected chi connectivity index (χ0v) is 14.8. The van der Waals surface area contributed by atoms with Gasteiger partial charge in [0.1, 0.15) is 12.4 Å². The van der Waals surface area contributed by atoms with Gasteiger partial charge in [0.15, 0.2) is 0 Å². The minimum Gasteiger partial charge on any atom is -0.489 e. The average Bonchev–Trinajstić information content (AvgIpc) is 2.72. The van der Waals surface area contributed by atoms with Crippen molar-refractivity contribution in [3.63, 3.8) is 0 Å². The van der Waals surface area contributed by atoms with Crippen molar-refractivity contribution in [3.05, 3.63) is 100 Å². The van der Waals surface area contributed by atoms with Gasteiger partial charge in [0.05, 0.1) is 4.92 Å². The molecule has 3 aromatic rings. The van der Waals surface area contributed by atoms with E-state index in [-0.39, 0.29) is 11.6 Å². The largest absolute Gasteiger partial charge is 0.489 e. The van der Waals surface area contributed by atoms with Crippen LogP contribution in [0, 0.1) is 10.1 Å². The summed E-state index contributed by atoms with van der Waals surface area (Å²) in [5.74, 6) is 0.309. The van der Waals surface area contributed by atoms with Crippen molar-refractivity contribution in [2.75, 3.05) is 5.32 Å². The molecule has 0 atom stereocenters. The van der Waals surface area contributed by atoms with Crippen molar-refractivity contribution in [1.29, 1.82) is 0 Å². The summed E-state index contributed by atoms with van der Waals surface area (Å²) in [6, 6.07) is 16.8. The summed E-state index contributed by atoms with van der Waals surface area (Å²) in [6.45, 7) is 0.380. The Morgan fingerprint density at radius 1 is 1.14 bits per heavy atom. The Labute approximate surface area is 161 Å². The molecule has 1 heterocycles. The van der Waals surface area contributed by atoms with E-state index in [1.54, 1.807) is 54.9 Å². The summed E-state index contributed by atoms with van der Waals surface area (Å²) in [4.78, 5) is 26.3. The molecule has 7 heteroatoms. The number of hydrogen-bond donors (Lipinski definition) is 1. The van der Waals surface area contributed by atoms with Gasteiger partial charge in [-0.3, -0.25) is 19.9 Å². The second kappa shape index (κ2) is 9.09. The van der Waals surface area contributed by atoms with Crippen LogP contribution in [0.25, 0.3) is 6.08 Å². The number of non-ortho nitro benzene ring substituents is 1. The van der Waals surface area contributed by atoms with Crippen LogP contribution in [0.3, 0.4) is 0 Å². The predicted octanol–water partition coefficient (Wildman–Crippen LogP) is 4.22. The monoisotopic (exact) mass is 375 g/mol. The summed E-state index contributed by atoms with van der Waals surface area (Å²) in [5, 5.41) is 13.4. The van der Waals surface area contributed by atoms with Crippen LogP contribution in [-0.4, -0.2) is 15.8 Å². The minimum absolute atomic E-state index is 0.00435. The van der Waals surface area contributed by atoms with Crippen molar-refractivity contribution in [2.24, 2.45) is 0 Å². The van der Waals surface area contributed by atoms with Gasteiger partial charge >= 0.3 is 0 Å². The fourth-order valence-electron chi connectivity index (χ4n) is 2.38. The third-order valence-corrected chi connectivity index (χ3v) is 3.76. The number of aromatic nitrogens is 1. The van der Waals surface area contributed by atoms with Crippen molar-refractivity contribution >= 4 is 23.4 Å². The van der Waals surface area contributed by atoms with Crippen molar-refractivity contribution in [3.8, 4) is 5.75 Å². The maximum atomic E-state index is 12.1. The van der Waals surface area contributed by atoms with E-state index in [4.69, 9.17) is 4.74 Å². The van der Waals surface area contributed by atoms with E-state index in [0.29, 0.717) is 23.6 Å². The normalized spacial score (nSPS) is 10.6. The molecule has 1 aromatic heterocycles. The van der Waals surface area contributed by atoms with E-state index >= 15 is 0 Å². The van der Waals surface area contributed by atoms with E-state index in [1.165, 1.54) is 18.2 Å². The van der Waals surface area contributed by atoms with E-state index in [1.807, 2.05) is 12.1 Å². The number of rotatable bonds is 7. The number of nitrogens with one attached hydrogen (secondary N) is 1. The molecule has 28 heavy (non-hydrogen) atoms. The quantitative estimate of drug-likeness (QED) is 0.379. The molecule has 0 aliphatic heterocycles. The Morgan fingerprint density at radius 2 is 1.96 bits per heavy atom. The van der Waals surface area contributed by atoms with Gasteiger partial charge in [-0.15, -0.1) is 0 Å². The lowest BCUT2D eigenvalue weighted by molar-refractivity contribution is -0.384. The molecular weight excluding hydrogens is 358 g/mol. The van der Waals surface area contributed by atoms with Crippen molar-refractivity contribution in [1.82, 2.24) is 4.98 Å². The average molecular weight is 375 g/mol. The molecule has 0 aliphatic carbocycles. The van der Waals surface area contributed by atoms with Crippen LogP contribution in [-0.2, 0) is 11.4 Å². The van der Waals surface area contributed by atoms with E-state index in [2.05, 4.69) is 10.3 Å². The number of anilines is 1. The summed E-state index contributed by atoms with van der Waals surface area (Å²) >= 11 is 0. The number of pyridine rings is 1. The molecule has 0 saturated carbocycles. The Kier molecular flexibility index (Phi) is 6.10. The summed E-state index contributed by atoms with van der Waals surface area (Å²) in [6.07, 6.45) is 6.38. The molecule has 0 fully saturated rings. The molecule has 0 aliphatic rings. The van der Waals surface area contributed by atoms with E-state index in [9.17, 15) is 14.9 Å². The van der Waals surface area contributed by atoms with Crippen molar-refractivity contribution in [2.45, 2.75) is 6.61 Å². The van der Waals surface area contributed by atoms with Crippen LogP contribution in [0.1, 0.15) is 11.1 Å². The van der Waals surface area contributed by atoms with Gasteiger partial charge in [-0.05, 0) is 42.0 Å². The smallest absolute Gasteiger partial charge is 0.269 e. The molecule has 3 rings (SSSR count). The Morgan fingerprint density at radius 3 is 2.68 bits per heavy atom. The zero-order valence-electron chi connectivity index (χ0n) is 14.8. The van der Waals surface area contributed by atoms with Crippen LogP contribution in [0.4, 0.5) is 11.4 Å². The molecule has 0 spiro atoms. The Hall–Kier alpha value is -4.00. The zero-order chi connectivity index (χ0) is 19.8. The van der Waals surface area contributed by atoms with Gasteiger partial charge in [-0.25, -0.2) is 0 Å². The van der Waals surface area contributed by atoms with Gasteiger partial charge in [-0.1, -0.05) is 12.1 Å². The summed E-state index contributed by atoms with van der Waals surface area (Å²) in [5.41, 5.74) is 2.24. The van der Waals surface area contributed by atoms with Gasteiger partial charge in [0, 0.05) is 47.9 Å². The molecule has 0 saturated heterocycles. The number of ether oxygens (including phenoxy) is 1. The van der Waals surface area contributed by atoms with Crippen molar-refractivity contribution < 1.29 is 14.5 Å².